The van der Waals surface area contributed by atoms with Gasteiger partial charge >= 0.3 is 5.97 Å². The van der Waals surface area contributed by atoms with Gasteiger partial charge in [0.05, 0.1) is 5.56 Å². The molecule has 3 rings (SSSR count). The summed E-state index contributed by atoms with van der Waals surface area (Å²) < 4.78 is 5.35. The summed E-state index contributed by atoms with van der Waals surface area (Å²) in [5.74, 6) is -0.588. The molecule has 1 N–H and O–H groups in total. The Labute approximate surface area is 210 Å². The topological polar surface area (TPSA) is 63.6 Å². The van der Waals surface area contributed by atoms with Crippen molar-refractivity contribution in [1.29, 1.82) is 0 Å². The minimum Gasteiger partial charge on any atom is -0.478 e. The summed E-state index contributed by atoms with van der Waals surface area (Å²) in [5, 5.41) is 10.00. The summed E-state index contributed by atoms with van der Waals surface area (Å²) in [6, 6.07) is 11.5. The van der Waals surface area contributed by atoms with Crippen LogP contribution in [0.3, 0.4) is 0 Å². The largest absolute Gasteiger partial charge is 0.478 e. The van der Waals surface area contributed by atoms with Gasteiger partial charge < -0.3 is 9.84 Å². The van der Waals surface area contributed by atoms with Crippen LogP contribution in [0.1, 0.15) is 85.3 Å². The molecular weight excluding hydrogens is 464 g/mol. The van der Waals surface area contributed by atoms with Crippen LogP contribution >= 0.6 is 22.7 Å². The number of carbonyl (C=O) groups excluding carboxylic acids is 1. The van der Waals surface area contributed by atoms with E-state index >= 15 is 0 Å². The molecule has 0 aliphatic heterocycles. The normalized spacial score (nSPS) is 11.0. The molecule has 0 saturated carbocycles. The average Bonchev–Trinajstić information content (AvgIpc) is 3.49. The summed E-state index contributed by atoms with van der Waals surface area (Å²) in [7, 11) is 0. The minimum absolute atomic E-state index is 0.227. The van der Waals surface area contributed by atoms with E-state index < -0.39 is 5.97 Å². The first-order valence-corrected chi connectivity index (χ1v) is 13.9. The second kappa shape index (κ2) is 13.4. The Hall–Kier alpha value is -2.44. The van der Waals surface area contributed by atoms with Crippen molar-refractivity contribution in [1.82, 2.24) is 0 Å². The highest BCUT2D eigenvalue weighted by atomic mass is 32.1. The highest BCUT2D eigenvalue weighted by Crippen LogP contribution is 2.41. The van der Waals surface area contributed by atoms with E-state index in [0.717, 1.165) is 35.4 Å². The van der Waals surface area contributed by atoms with Gasteiger partial charge in [-0.1, -0.05) is 52.4 Å². The van der Waals surface area contributed by atoms with E-state index in [1.807, 2.05) is 12.1 Å². The summed E-state index contributed by atoms with van der Waals surface area (Å²) in [5.41, 5.74) is 1.47. The Morgan fingerprint density at radius 3 is 1.88 bits per heavy atom. The number of aromatic carboxylic acids is 1. The number of carboxylic acids is 1. The molecule has 0 bridgehead atoms. The maximum atomic E-state index is 12.2. The number of aryl methyl sites for hydroxylation is 2. The first kappa shape index (κ1) is 26.2. The number of carbonyl (C=O) groups is 2. The van der Waals surface area contributed by atoms with Gasteiger partial charge in [-0.05, 0) is 62.1 Å². The molecule has 34 heavy (non-hydrogen) atoms. The number of benzene rings is 1. The molecule has 0 amide bonds. The molecule has 6 heteroatoms. The second-order valence-electron chi connectivity index (χ2n) is 8.57. The fraction of sp³-hybridized carbons (Fsp3) is 0.429. The molecule has 0 atom stereocenters. The van der Waals surface area contributed by atoms with Crippen LogP contribution in [0.2, 0.25) is 0 Å². The molecule has 4 nitrogen and oxygen atoms in total. The lowest BCUT2D eigenvalue weighted by molar-refractivity contribution is -0.120. The summed E-state index contributed by atoms with van der Waals surface area (Å²) in [6.07, 6.45) is 11.6. The molecule has 1 aromatic carbocycles. The summed E-state index contributed by atoms with van der Waals surface area (Å²) >= 11 is 3.25. The average molecular weight is 499 g/mol. The molecular formula is C28H34O4S2. The van der Waals surface area contributed by atoms with Gasteiger partial charge in [0.15, 0.2) is 0 Å². The number of carboxylic acid groups (broad SMARTS) is 1. The van der Waals surface area contributed by atoms with E-state index in [0.29, 0.717) is 23.3 Å². The minimum atomic E-state index is -0.983. The molecule has 0 fully saturated rings. The monoisotopic (exact) mass is 498 g/mol. The third-order valence-corrected chi connectivity index (χ3v) is 8.29. The van der Waals surface area contributed by atoms with Crippen LogP contribution in [0, 0.1) is 0 Å². The molecule has 0 radical (unpaired) electrons. The maximum Gasteiger partial charge on any atom is 0.336 e. The number of thiophene rings is 2. The zero-order valence-corrected chi connectivity index (χ0v) is 21.7. The van der Waals surface area contributed by atoms with E-state index in [4.69, 9.17) is 4.74 Å². The predicted octanol–water partition coefficient (Wildman–Crippen LogP) is 8.62. The van der Waals surface area contributed by atoms with Gasteiger partial charge in [0.2, 0.25) is 0 Å². The molecule has 0 saturated heterocycles. The van der Waals surface area contributed by atoms with Crippen LogP contribution in [-0.4, -0.2) is 17.5 Å². The quantitative estimate of drug-likeness (QED) is 0.168. The Bertz CT molecular complexity index is 1080. The molecule has 2 aromatic heterocycles. The molecule has 0 aliphatic rings. The van der Waals surface area contributed by atoms with Gasteiger partial charge in [-0.25, -0.2) is 4.79 Å². The van der Waals surface area contributed by atoms with Crippen molar-refractivity contribution in [3.05, 3.63) is 51.7 Å². The molecule has 0 aliphatic carbocycles. The zero-order chi connectivity index (χ0) is 24.3. The van der Waals surface area contributed by atoms with Gasteiger partial charge in [0.25, 0.3) is 6.47 Å². The molecule has 0 unspecified atom stereocenters. The zero-order valence-electron chi connectivity index (χ0n) is 20.1. The summed E-state index contributed by atoms with van der Waals surface area (Å²) in [6.45, 7) is 4.81. The molecule has 182 valence electrons. The molecule has 3 aromatic rings. The van der Waals surface area contributed by atoms with Gasteiger partial charge in [-0.15, -0.1) is 22.7 Å². The maximum absolute atomic E-state index is 12.2. The number of unbranched alkanes of at least 4 members (excludes halogenated alkanes) is 6. The van der Waals surface area contributed by atoms with Gasteiger partial charge in [0.1, 0.15) is 5.75 Å². The van der Waals surface area contributed by atoms with Gasteiger partial charge in [0, 0.05) is 30.6 Å². The van der Waals surface area contributed by atoms with Gasteiger partial charge in [-0.3, -0.25) is 4.79 Å². The molecule has 2 heterocycles. The van der Waals surface area contributed by atoms with E-state index in [2.05, 4.69) is 26.0 Å². The second-order valence-corrected chi connectivity index (χ2v) is 10.9. The number of ether oxygens (including phenoxy) is 1. The van der Waals surface area contributed by atoms with Crippen LogP contribution in [0.15, 0.2) is 36.4 Å². The van der Waals surface area contributed by atoms with Crippen molar-refractivity contribution < 1.29 is 19.4 Å². The third-order valence-electron chi connectivity index (χ3n) is 5.93. The van der Waals surface area contributed by atoms with Crippen molar-refractivity contribution in [3.63, 3.8) is 0 Å². The Morgan fingerprint density at radius 1 is 0.824 bits per heavy atom. The smallest absolute Gasteiger partial charge is 0.336 e. The SMILES string of the molecule is CCCCCCc1ccc(-c2cc(C(=O)O)c(-c3ccc(CCCCCC)s3)cc2OC=O)s1. The van der Waals surface area contributed by atoms with Gasteiger partial charge in [-0.2, -0.15) is 0 Å². The van der Waals surface area contributed by atoms with Crippen LogP contribution < -0.4 is 4.74 Å². The van der Waals surface area contributed by atoms with Crippen molar-refractivity contribution >= 4 is 35.1 Å². The van der Waals surface area contributed by atoms with Crippen molar-refractivity contribution in [2.24, 2.45) is 0 Å². The van der Waals surface area contributed by atoms with Crippen molar-refractivity contribution in [3.8, 4) is 26.6 Å². The number of hydrogen-bond donors (Lipinski definition) is 1. The van der Waals surface area contributed by atoms with Crippen LogP contribution in [0.4, 0.5) is 0 Å². The predicted molar refractivity (Wildman–Crippen MR) is 142 cm³/mol. The standard InChI is InChI=1S/C28H34O4S2/c1-3-5-7-9-11-20-13-15-26(33-20)22-18-25(32-19-29)24(17-23(22)28(30)31)27-16-14-21(34-27)12-10-8-6-4-2/h13-19H,3-12H2,1-2H3,(H,30,31). The number of rotatable bonds is 15. The lowest BCUT2D eigenvalue weighted by Gasteiger charge is -2.12. The lowest BCUT2D eigenvalue weighted by Crippen LogP contribution is -2.02. The fourth-order valence-corrected chi connectivity index (χ4v) is 6.22. The van der Waals surface area contributed by atoms with Crippen molar-refractivity contribution in [2.45, 2.75) is 78.1 Å². The van der Waals surface area contributed by atoms with E-state index in [9.17, 15) is 14.7 Å². The Morgan fingerprint density at radius 2 is 1.38 bits per heavy atom. The van der Waals surface area contributed by atoms with Crippen LogP contribution in [-0.2, 0) is 17.6 Å². The number of hydrogen-bond acceptors (Lipinski definition) is 5. The van der Waals surface area contributed by atoms with Crippen LogP contribution in [0.5, 0.6) is 5.75 Å². The van der Waals surface area contributed by atoms with Crippen LogP contribution in [0.25, 0.3) is 20.9 Å². The first-order chi connectivity index (χ1) is 16.6. The summed E-state index contributed by atoms with van der Waals surface area (Å²) in [4.78, 5) is 27.8. The first-order valence-electron chi connectivity index (χ1n) is 12.3. The molecule has 0 spiro atoms. The third kappa shape index (κ3) is 7.03. The lowest BCUT2D eigenvalue weighted by atomic mass is 10.0. The highest BCUT2D eigenvalue weighted by Gasteiger charge is 2.20. The Balaban J connectivity index is 1.90. The van der Waals surface area contributed by atoms with E-state index in [-0.39, 0.29) is 5.56 Å². The fourth-order valence-electron chi connectivity index (χ4n) is 4.07. The van der Waals surface area contributed by atoms with E-state index in [1.54, 1.807) is 34.8 Å². The highest BCUT2D eigenvalue weighted by molar-refractivity contribution is 7.16. The van der Waals surface area contributed by atoms with Crippen molar-refractivity contribution in [2.75, 3.05) is 0 Å². The van der Waals surface area contributed by atoms with E-state index in [1.165, 1.54) is 48.3 Å². The Kier molecular flexibility index (Phi) is 10.4.